The second-order valence-electron chi connectivity index (χ2n) is 5.86. The van der Waals surface area contributed by atoms with Gasteiger partial charge in [0.15, 0.2) is 5.06 Å². The zero-order valence-corrected chi connectivity index (χ0v) is 14.9. The molecule has 0 unspecified atom stereocenters. The maximum Gasteiger partial charge on any atom is 0.180 e. The summed E-state index contributed by atoms with van der Waals surface area (Å²) < 4.78 is 5.86. The van der Waals surface area contributed by atoms with Crippen LogP contribution in [-0.4, -0.2) is 16.5 Å². The van der Waals surface area contributed by atoms with Crippen LogP contribution >= 0.6 is 11.3 Å². The fraction of sp³-hybridized carbons (Fsp3) is 0.100. The fourth-order valence-corrected chi connectivity index (χ4v) is 3.34. The second kappa shape index (κ2) is 7.41. The lowest BCUT2D eigenvalue weighted by Gasteiger charge is -2.10. The van der Waals surface area contributed by atoms with Gasteiger partial charge in [0.2, 0.25) is 0 Å². The summed E-state index contributed by atoms with van der Waals surface area (Å²) in [6.07, 6.45) is 2.42. The zero-order chi connectivity index (χ0) is 17.8. The molecule has 0 spiro atoms. The molecule has 130 valence electrons. The van der Waals surface area contributed by atoms with E-state index in [9.17, 15) is 0 Å². The summed E-state index contributed by atoms with van der Waals surface area (Å²) in [6, 6.07) is 17.7. The summed E-state index contributed by atoms with van der Waals surface area (Å²) in [5.74, 6) is 1.65. The molecule has 0 saturated carbocycles. The molecule has 2 aromatic carbocycles. The Morgan fingerprint density at radius 1 is 1.04 bits per heavy atom. The van der Waals surface area contributed by atoms with Crippen molar-refractivity contribution in [2.24, 2.45) is 0 Å². The number of nitrogen functional groups attached to an aromatic ring is 1. The van der Waals surface area contributed by atoms with Crippen molar-refractivity contribution in [1.29, 1.82) is 0 Å². The van der Waals surface area contributed by atoms with E-state index in [2.05, 4.69) is 27.4 Å². The van der Waals surface area contributed by atoms with Crippen molar-refractivity contribution in [3.63, 3.8) is 0 Å². The van der Waals surface area contributed by atoms with Crippen LogP contribution in [0.15, 0.2) is 66.3 Å². The first-order chi connectivity index (χ1) is 12.8. The maximum atomic E-state index is 5.89. The number of hydrogen-bond donors (Lipinski definition) is 2. The molecule has 0 atom stereocenters. The summed E-state index contributed by atoms with van der Waals surface area (Å²) in [5, 5.41) is 7.21. The number of fused-ring (bicyclic) bond motifs is 1. The lowest BCUT2D eigenvalue weighted by Crippen LogP contribution is -2.07. The molecule has 26 heavy (non-hydrogen) atoms. The quantitative estimate of drug-likeness (QED) is 0.486. The van der Waals surface area contributed by atoms with Crippen LogP contribution in [0.5, 0.6) is 10.8 Å². The van der Waals surface area contributed by atoms with Gasteiger partial charge in [-0.15, -0.1) is 11.3 Å². The molecule has 6 heteroatoms. The number of hydrogen-bond acceptors (Lipinski definition) is 6. The third-order valence-electron chi connectivity index (χ3n) is 3.98. The minimum atomic E-state index is 0.703. The van der Waals surface area contributed by atoms with Gasteiger partial charge >= 0.3 is 0 Å². The summed E-state index contributed by atoms with van der Waals surface area (Å²) in [6.45, 7) is 0.753. The van der Waals surface area contributed by atoms with Crippen LogP contribution in [-0.2, 0) is 6.42 Å². The standard InChI is InChI=1S/C20H18N4OS/c21-15-6-7-18-17(12-15)20(24-13-23-18)22-9-8-14-3-1-4-16(11-14)25-19-5-2-10-26-19/h1-7,10-13H,8-9,21H2,(H,22,23,24). The number of aromatic nitrogens is 2. The molecule has 5 nitrogen and oxygen atoms in total. The van der Waals surface area contributed by atoms with Crippen LogP contribution in [0.4, 0.5) is 11.5 Å². The number of rotatable bonds is 6. The molecule has 4 aromatic rings. The van der Waals surface area contributed by atoms with Gasteiger partial charge in [-0.25, -0.2) is 9.97 Å². The molecule has 0 aliphatic carbocycles. The molecule has 2 aromatic heterocycles. The first-order valence-electron chi connectivity index (χ1n) is 8.32. The van der Waals surface area contributed by atoms with Gasteiger partial charge in [-0.05, 0) is 59.8 Å². The Bertz CT molecular complexity index is 1020. The molecule has 0 aliphatic heterocycles. The van der Waals surface area contributed by atoms with Crippen LogP contribution in [0.2, 0.25) is 0 Å². The molecular weight excluding hydrogens is 344 g/mol. The lowest BCUT2D eigenvalue weighted by atomic mass is 10.1. The summed E-state index contributed by atoms with van der Waals surface area (Å²) >= 11 is 1.58. The Kier molecular flexibility index (Phi) is 4.66. The molecule has 0 fully saturated rings. The van der Waals surface area contributed by atoms with Gasteiger partial charge in [0.25, 0.3) is 0 Å². The molecule has 2 heterocycles. The average molecular weight is 362 g/mol. The molecule has 3 N–H and O–H groups in total. The van der Waals surface area contributed by atoms with E-state index in [1.165, 1.54) is 5.56 Å². The van der Waals surface area contributed by atoms with Gasteiger partial charge in [-0.2, -0.15) is 0 Å². The monoisotopic (exact) mass is 362 g/mol. The van der Waals surface area contributed by atoms with Crippen LogP contribution in [0.25, 0.3) is 10.9 Å². The highest BCUT2D eigenvalue weighted by Crippen LogP contribution is 2.27. The minimum absolute atomic E-state index is 0.703. The number of benzene rings is 2. The number of ether oxygens (including phenoxy) is 1. The first-order valence-corrected chi connectivity index (χ1v) is 9.20. The van der Waals surface area contributed by atoms with Crippen molar-refractivity contribution in [3.05, 3.63) is 71.9 Å². The van der Waals surface area contributed by atoms with E-state index >= 15 is 0 Å². The van der Waals surface area contributed by atoms with Crippen LogP contribution < -0.4 is 15.8 Å². The van der Waals surface area contributed by atoms with Gasteiger partial charge in [0.1, 0.15) is 17.9 Å². The van der Waals surface area contributed by atoms with E-state index < -0.39 is 0 Å². The Morgan fingerprint density at radius 2 is 2.00 bits per heavy atom. The topological polar surface area (TPSA) is 73.1 Å². The van der Waals surface area contributed by atoms with Crippen molar-refractivity contribution in [1.82, 2.24) is 9.97 Å². The van der Waals surface area contributed by atoms with Gasteiger partial charge in [-0.1, -0.05) is 12.1 Å². The number of nitrogens with two attached hydrogens (primary N) is 1. The predicted octanol–water partition coefficient (Wildman–Crippen LogP) is 4.72. The van der Waals surface area contributed by atoms with Crippen LogP contribution in [0.3, 0.4) is 0 Å². The minimum Gasteiger partial charge on any atom is -0.447 e. The highest BCUT2D eigenvalue weighted by Gasteiger charge is 2.05. The van der Waals surface area contributed by atoms with E-state index in [0.717, 1.165) is 40.5 Å². The Balaban J connectivity index is 1.43. The average Bonchev–Trinajstić information content (AvgIpc) is 3.15. The van der Waals surface area contributed by atoms with Crippen molar-refractivity contribution >= 4 is 33.7 Å². The molecule has 0 saturated heterocycles. The third-order valence-corrected chi connectivity index (χ3v) is 4.72. The third kappa shape index (κ3) is 3.75. The molecule has 4 rings (SSSR count). The number of anilines is 2. The van der Waals surface area contributed by atoms with Crippen molar-refractivity contribution < 1.29 is 4.74 Å². The van der Waals surface area contributed by atoms with E-state index in [4.69, 9.17) is 10.5 Å². The van der Waals surface area contributed by atoms with Gasteiger partial charge < -0.3 is 15.8 Å². The Hall–Kier alpha value is -3.12. The largest absolute Gasteiger partial charge is 0.447 e. The van der Waals surface area contributed by atoms with E-state index in [-0.39, 0.29) is 0 Å². The maximum absolute atomic E-state index is 5.89. The van der Waals surface area contributed by atoms with Crippen molar-refractivity contribution in [2.75, 3.05) is 17.6 Å². The lowest BCUT2D eigenvalue weighted by molar-refractivity contribution is 0.496. The molecule has 0 aliphatic rings. The second-order valence-corrected chi connectivity index (χ2v) is 6.77. The number of nitrogens with one attached hydrogen (secondary N) is 1. The molecule has 0 radical (unpaired) electrons. The number of nitrogens with zero attached hydrogens (tertiary/aromatic N) is 2. The normalized spacial score (nSPS) is 10.8. The van der Waals surface area contributed by atoms with Crippen LogP contribution in [0.1, 0.15) is 5.56 Å². The Morgan fingerprint density at radius 3 is 2.88 bits per heavy atom. The van der Waals surface area contributed by atoms with E-state index in [0.29, 0.717) is 5.69 Å². The highest BCUT2D eigenvalue weighted by atomic mass is 32.1. The summed E-state index contributed by atoms with van der Waals surface area (Å²) in [5.41, 5.74) is 8.67. The number of thiophene rings is 1. The van der Waals surface area contributed by atoms with E-state index in [1.54, 1.807) is 17.7 Å². The van der Waals surface area contributed by atoms with Crippen molar-refractivity contribution in [3.8, 4) is 10.8 Å². The van der Waals surface area contributed by atoms with Crippen molar-refractivity contribution in [2.45, 2.75) is 6.42 Å². The van der Waals surface area contributed by atoms with Gasteiger partial charge in [-0.3, -0.25) is 0 Å². The van der Waals surface area contributed by atoms with Crippen LogP contribution in [0, 0.1) is 0 Å². The van der Waals surface area contributed by atoms with E-state index in [1.807, 2.05) is 47.8 Å². The summed E-state index contributed by atoms with van der Waals surface area (Å²) in [7, 11) is 0. The van der Waals surface area contributed by atoms with Gasteiger partial charge in [0.05, 0.1) is 5.52 Å². The van der Waals surface area contributed by atoms with Gasteiger partial charge in [0, 0.05) is 17.6 Å². The smallest absolute Gasteiger partial charge is 0.180 e. The zero-order valence-electron chi connectivity index (χ0n) is 14.1. The fourth-order valence-electron chi connectivity index (χ4n) is 2.74. The summed E-state index contributed by atoms with van der Waals surface area (Å²) in [4.78, 5) is 8.62. The Labute approximate surface area is 155 Å². The molecule has 0 bridgehead atoms. The first kappa shape index (κ1) is 16.4. The SMILES string of the molecule is Nc1ccc2ncnc(NCCc3cccc(Oc4cccs4)c3)c2c1. The molecular formula is C20H18N4OS. The molecule has 0 amide bonds. The highest BCUT2D eigenvalue weighted by molar-refractivity contribution is 7.11. The predicted molar refractivity (Wildman–Crippen MR) is 107 cm³/mol.